The summed E-state index contributed by atoms with van der Waals surface area (Å²) < 4.78 is 32.8. The van der Waals surface area contributed by atoms with Crippen molar-refractivity contribution in [3.8, 4) is 0 Å². The number of nitrogens with zero attached hydrogens (tertiary/aromatic N) is 2. The van der Waals surface area contributed by atoms with Crippen LogP contribution in [-0.4, -0.2) is 67.9 Å². The number of ether oxygens (including phenoxy) is 1. The minimum absolute atomic E-state index is 0.0207. The first-order valence-electron chi connectivity index (χ1n) is 11.4. The highest BCUT2D eigenvalue weighted by atomic mass is 32.2. The maximum atomic E-state index is 12.8. The first-order chi connectivity index (χ1) is 15.0. The molecule has 1 aromatic heterocycles. The lowest BCUT2D eigenvalue weighted by Crippen LogP contribution is -2.42. The van der Waals surface area contributed by atoms with Gasteiger partial charge in [-0.15, -0.1) is 11.3 Å². The van der Waals surface area contributed by atoms with Crippen molar-refractivity contribution < 1.29 is 22.7 Å². The van der Waals surface area contributed by atoms with E-state index >= 15 is 0 Å². The van der Waals surface area contributed by atoms with Gasteiger partial charge in [-0.25, -0.2) is 13.2 Å². The number of hydrogen-bond acceptors (Lipinski definition) is 6. The fourth-order valence-corrected chi connectivity index (χ4v) is 7.03. The molecule has 10 heteroatoms. The Labute approximate surface area is 195 Å². The molecule has 8 nitrogen and oxygen atoms in total. The van der Waals surface area contributed by atoms with Gasteiger partial charge >= 0.3 is 6.09 Å². The van der Waals surface area contributed by atoms with Gasteiger partial charge in [0.05, 0.1) is 6.42 Å². The zero-order valence-electron chi connectivity index (χ0n) is 19.3. The smallest absolute Gasteiger partial charge is 0.407 e. The Bertz CT molecular complexity index is 893. The molecule has 0 aliphatic carbocycles. The predicted octanol–water partition coefficient (Wildman–Crippen LogP) is 3.23. The molecule has 3 rings (SSSR count). The van der Waals surface area contributed by atoms with Crippen LogP contribution in [0.4, 0.5) is 4.79 Å². The van der Waals surface area contributed by atoms with Gasteiger partial charge in [0.2, 0.25) is 5.91 Å². The van der Waals surface area contributed by atoms with E-state index in [1.807, 2.05) is 25.7 Å². The molecule has 0 radical (unpaired) electrons. The summed E-state index contributed by atoms with van der Waals surface area (Å²) in [6, 6.07) is 3.39. The molecule has 1 N–H and O–H groups in total. The summed E-state index contributed by atoms with van der Waals surface area (Å²) in [6.45, 7) is 8.47. The molecule has 1 aromatic rings. The third-order valence-electron chi connectivity index (χ3n) is 5.77. The minimum Gasteiger partial charge on any atom is -0.444 e. The van der Waals surface area contributed by atoms with Crippen molar-refractivity contribution in [3.05, 3.63) is 17.0 Å². The highest BCUT2D eigenvalue weighted by Gasteiger charge is 2.28. The van der Waals surface area contributed by atoms with Crippen LogP contribution in [0.3, 0.4) is 0 Å². The molecule has 0 atom stereocenters. The van der Waals surface area contributed by atoms with Gasteiger partial charge in [0.25, 0.3) is 10.0 Å². The number of piperidine rings is 2. The number of carbonyl (C=O) groups excluding carboxylic acids is 2. The van der Waals surface area contributed by atoms with E-state index in [2.05, 4.69) is 5.32 Å². The number of sulfonamides is 1. The van der Waals surface area contributed by atoms with E-state index in [0.29, 0.717) is 42.9 Å². The maximum Gasteiger partial charge on any atom is 0.407 e. The van der Waals surface area contributed by atoms with E-state index in [9.17, 15) is 18.0 Å². The molecule has 2 aliphatic heterocycles. The average Bonchev–Trinajstić information content (AvgIpc) is 3.21. The zero-order chi connectivity index (χ0) is 23.4. The van der Waals surface area contributed by atoms with Crippen molar-refractivity contribution in [2.75, 3.05) is 32.7 Å². The fraction of sp³-hybridized carbons (Fsp3) is 0.727. The Morgan fingerprint density at radius 2 is 1.75 bits per heavy atom. The first kappa shape index (κ1) is 25.0. The summed E-state index contributed by atoms with van der Waals surface area (Å²) in [5.41, 5.74) is -0.519. The number of hydrogen-bond donors (Lipinski definition) is 1. The Morgan fingerprint density at radius 3 is 2.38 bits per heavy atom. The lowest BCUT2D eigenvalue weighted by atomic mass is 9.96. The normalized spacial score (nSPS) is 19.0. The van der Waals surface area contributed by atoms with Crippen LogP contribution in [0.2, 0.25) is 0 Å². The van der Waals surface area contributed by atoms with Gasteiger partial charge in [-0.05, 0) is 64.5 Å². The topological polar surface area (TPSA) is 96.0 Å². The number of nitrogens with one attached hydrogen (secondary N) is 1. The van der Waals surface area contributed by atoms with Crippen LogP contribution in [0.5, 0.6) is 0 Å². The van der Waals surface area contributed by atoms with Gasteiger partial charge < -0.3 is 15.0 Å². The number of alkyl carbamates (subject to hydrolysis) is 1. The second-order valence-corrected chi connectivity index (χ2v) is 12.9. The van der Waals surface area contributed by atoms with E-state index in [1.165, 1.54) is 11.3 Å². The molecule has 2 saturated heterocycles. The van der Waals surface area contributed by atoms with E-state index in [-0.39, 0.29) is 12.3 Å². The van der Waals surface area contributed by atoms with Crippen LogP contribution in [0, 0.1) is 5.92 Å². The van der Waals surface area contributed by atoms with Gasteiger partial charge in [-0.1, -0.05) is 6.42 Å². The number of carbonyl (C=O) groups is 2. The molecule has 2 amide bonds. The molecule has 3 heterocycles. The predicted molar refractivity (Wildman–Crippen MR) is 124 cm³/mol. The van der Waals surface area contributed by atoms with Crippen molar-refractivity contribution in [1.29, 1.82) is 0 Å². The molecule has 0 spiro atoms. The Balaban J connectivity index is 1.45. The summed E-state index contributed by atoms with van der Waals surface area (Å²) in [5.74, 6) is 0.335. The monoisotopic (exact) mass is 485 g/mol. The van der Waals surface area contributed by atoms with Gasteiger partial charge in [-0.3, -0.25) is 4.79 Å². The summed E-state index contributed by atoms with van der Waals surface area (Å²) in [4.78, 5) is 27.2. The molecular weight excluding hydrogens is 450 g/mol. The van der Waals surface area contributed by atoms with Crippen LogP contribution < -0.4 is 5.32 Å². The van der Waals surface area contributed by atoms with Gasteiger partial charge in [-0.2, -0.15) is 4.31 Å². The summed E-state index contributed by atoms with van der Waals surface area (Å²) in [5, 5.41) is 2.81. The molecule has 32 heavy (non-hydrogen) atoms. The van der Waals surface area contributed by atoms with E-state index in [4.69, 9.17) is 4.74 Å². The minimum atomic E-state index is -3.45. The van der Waals surface area contributed by atoms with Crippen LogP contribution in [-0.2, 0) is 26.0 Å². The third-order valence-corrected chi connectivity index (χ3v) is 9.22. The molecule has 0 bridgehead atoms. The second kappa shape index (κ2) is 10.5. The van der Waals surface area contributed by atoms with E-state index < -0.39 is 21.7 Å². The number of thiophene rings is 1. The fourth-order valence-electron chi connectivity index (χ4n) is 4.01. The zero-order valence-corrected chi connectivity index (χ0v) is 20.9. The maximum absolute atomic E-state index is 12.8. The Morgan fingerprint density at radius 1 is 1.09 bits per heavy atom. The van der Waals surface area contributed by atoms with Crippen LogP contribution in [0.25, 0.3) is 0 Å². The molecule has 0 aromatic carbocycles. The van der Waals surface area contributed by atoms with Crippen molar-refractivity contribution >= 4 is 33.4 Å². The number of likely N-dealkylation sites (tertiary alicyclic amines) is 1. The molecule has 180 valence electrons. The molecule has 0 unspecified atom stereocenters. The van der Waals surface area contributed by atoms with Gasteiger partial charge in [0, 0.05) is 37.6 Å². The summed E-state index contributed by atoms with van der Waals surface area (Å²) >= 11 is 1.20. The lowest BCUT2D eigenvalue weighted by Gasteiger charge is -2.32. The Kier molecular flexibility index (Phi) is 8.21. The summed E-state index contributed by atoms with van der Waals surface area (Å²) in [7, 11) is -3.45. The van der Waals surface area contributed by atoms with Crippen LogP contribution in [0.1, 0.15) is 57.8 Å². The third kappa shape index (κ3) is 6.92. The first-order valence-corrected chi connectivity index (χ1v) is 13.6. The molecular formula is C22H35N3O5S2. The average molecular weight is 486 g/mol. The highest BCUT2D eigenvalue weighted by molar-refractivity contribution is 7.91. The molecule has 2 fully saturated rings. The van der Waals surface area contributed by atoms with Crippen molar-refractivity contribution in [2.45, 2.75) is 69.1 Å². The highest BCUT2D eigenvalue weighted by Crippen LogP contribution is 2.28. The quantitative estimate of drug-likeness (QED) is 0.667. The number of rotatable bonds is 6. The van der Waals surface area contributed by atoms with E-state index in [1.54, 1.807) is 16.4 Å². The Hall–Kier alpha value is -1.65. The SMILES string of the molecule is CC(C)(C)OC(=O)NCC1CCN(C(=O)Cc2ccc(S(=O)(=O)N3CCCCC3)s2)CC1. The van der Waals surface area contributed by atoms with Crippen molar-refractivity contribution in [1.82, 2.24) is 14.5 Å². The molecule has 0 saturated carbocycles. The van der Waals surface area contributed by atoms with Crippen molar-refractivity contribution in [2.24, 2.45) is 5.92 Å². The molecule has 2 aliphatic rings. The number of amides is 2. The largest absolute Gasteiger partial charge is 0.444 e. The van der Waals surface area contributed by atoms with Gasteiger partial charge in [0.15, 0.2) is 0 Å². The lowest BCUT2D eigenvalue weighted by molar-refractivity contribution is -0.131. The van der Waals surface area contributed by atoms with Crippen LogP contribution >= 0.6 is 11.3 Å². The van der Waals surface area contributed by atoms with Crippen molar-refractivity contribution in [3.63, 3.8) is 0 Å². The van der Waals surface area contributed by atoms with E-state index in [0.717, 1.165) is 37.0 Å². The van der Waals surface area contributed by atoms with Gasteiger partial charge in [0.1, 0.15) is 9.81 Å². The second-order valence-electron chi connectivity index (χ2n) is 9.57. The summed E-state index contributed by atoms with van der Waals surface area (Å²) in [6.07, 6.45) is 4.33. The van der Waals surface area contributed by atoms with Crippen LogP contribution in [0.15, 0.2) is 16.3 Å². The standard InChI is InChI=1S/C22H35N3O5S2/c1-22(2,3)30-21(27)23-16-17-9-13-24(14-10-17)19(26)15-18-7-8-20(31-18)32(28,29)25-11-5-4-6-12-25/h7-8,17H,4-6,9-16H2,1-3H3,(H,23,27).